The molecule has 74 valence electrons. The minimum Gasteiger partial charge on any atom is -0.397 e. The number of amides is 1. The molecule has 1 amide bonds. The Morgan fingerprint density at radius 3 is 3.00 bits per heavy atom. The first-order valence-electron chi connectivity index (χ1n) is 4.65. The maximum atomic E-state index is 11.0. The van der Waals surface area contributed by atoms with Gasteiger partial charge in [-0.05, 0) is 18.6 Å². The zero-order chi connectivity index (χ0) is 10.1. The van der Waals surface area contributed by atoms with Gasteiger partial charge in [-0.15, -0.1) is 0 Å². The van der Waals surface area contributed by atoms with Gasteiger partial charge in [-0.1, -0.05) is 0 Å². The predicted octanol–water partition coefficient (Wildman–Crippen LogP) is 0.576. The molecule has 1 unspecified atom stereocenters. The molecule has 1 aliphatic rings. The van der Waals surface area contributed by atoms with E-state index in [9.17, 15) is 4.79 Å². The van der Waals surface area contributed by atoms with E-state index in [4.69, 9.17) is 5.73 Å². The number of rotatable bonds is 1. The van der Waals surface area contributed by atoms with Crippen LogP contribution in [0.5, 0.6) is 0 Å². The van der Waals surface area contributed by atoms with E-state index in [1.54, 1.807) is 6.20 Å². The van der Waals surface area contributed by atoms with Crippen molar-refractivity contribution in [2.75, 3.05) is 12.3 Å². The summed E-state index contributed by atoms with van der Waals surface area (Å²) in [6.07, 6.45) is 2.18. The molecule has 0 aliphatic carbocycles. The van der Waals surface area contributed by atoms with Crippen LogP contribution in [0.3, 0.4) is 0 Å². The van der Waals surface area contributed by atoms with Crippen LogP contribution in [0.2, 0.25) is 0 Å². The molecule has 2 heterocycles. The topological polar surface area (TPSA) is 68.0 Å². The van der Waals surface area contributed by atoms with Gasteiger partial charge >= 0.3 is 0 Å². The standard InChI is InChI=1S/C10H13N3O/c1-6-2-8(11)5-13-10(6)7-3-9(14)12-4-7/h2,5,7H,3-4,11H2,1H3,(H,12,14). The normalized spacial score (nSPS) is 20.9. The molecule has 0 saturated carbocycles. The highest BCUT2D eigenvalue weighted by atomic mass is 16.1. The van der Waals surface area contributed by atoms with Crippen molar-refractivity contribution in [2.45, 2.75) is 19.3 Å². The van der Waals surface area contributed by atoms with Crippen LogP contribution >= 0.6 is 0 Å². The van der Waals surface area contributed by atoms with Crippen LogP contribution in [0.4, 0.5) is 5.69 Å². The first kappa shape index (κ1) is 8.99. The van der Waals surface area contributed by atoms with Gasteiger partial charge in [0, 0.05) is 24.6 Å². The molecule has 0 spiro atoms. The summed E-state index contributed by atoms with van der Waals surface area (Å²) >= 11 is 0. The molecule has 14 heavy (non-hydrogen) atoms. The van der Waals surface area contributed by atoms with Crippen LogP contribution < -0.4 is 11.1 Å². The smallest absolute Gasteiger partial charge is 0.220 e. The number of aryl methyl sites for hydroxylation is 1. The van der Waals surface area contributed by atoms with Crippen molar-refractivity contribution in [3.05, 3.63) is 23.5 Å². The van der Waals surface area contributed by atoms with E-state index >= 15 is 0 Å². The summed E-state index contributed by atoms with van der Waals surface area (Å²) in [6, 6.07) is 1.89. The highest BCUT2D eigenvalue weighted by Gasteiger charge is 2.25. The van der Waals surface area contributed by atoms with E-state index < -0.39 is 0 Å². The van der Waals surface area contributed by atoms with Crippen molar-refractivity contribution in [3.63, 3.8) is 0 Å². The minimum atomic E-state index is 0.105. The van der Waals surface area contributed by atoms with Crippen molar-refractivity contribution in [1.29, 1.82) is 0 Å². The summed E-state index contributed by atoms with van der Waals surface area (Å²) in [7, 11) is 0. The predicted molar refractivity (Wildman–Crippen MR) is 53.8 cm³/mol. The number of pyridine rings is 1. The average Bonchev–Trinajstić information content (AvgIpc) is 2.51. The van der Waals surface area contributed by atoms with Gasteiger partial charge in [-0.2, -0.15) is 0 Å². The molecule has 4 heteroatoms. The van der Waals surface area contributed by atoms with Crippen molar-refractivity contribution >= 4 is 11.6 Å². The Morgan fingerprint density at radius 1 is 1.64 bits per heavy atom. The highest BCUT2D eigenvalue weighted by molar-refractivity contribution is 5.79. The summed E-state index contributed by atoms with van der Waals surface area (Å²) < 4.78 is 0. The maximum Gasteiger partial charge on any atom is 0.220 e. The summed E-state index contributed by atoms with van der Waals surface area (Å²) in [6.45, 7) is 2.66. The molecule has 1 saturated heterocycles. The van der Waals surface area contributed by atoms with Gasteiger partial charge in [0.05, 0.1) is 11.9 Å². The number of anilines is 1. The molecule has 1 fully saturated rings. The number of nitrogens with zero attached hydrogens (tertiary/aromatic N) is 1. The van der Waals surface area contributed by atoms with Crippen molar-refractivity contribution in [1.82, 2.24) is 10.3 Å². The maximum absolute atomic E-state index is 11.0. The minimum absolute atomic E-state index is 0.105. The molecule has 1 aliphatic heterocycles. The molecule has 2 rings (SSSR count). The van der Waals surface area contributed by atoms with E-state index in [1.165, 1.54) is 0 Å². The van der Waals surface area contributed by atoms with Crippen molar-refractivity contribution < 1.29 is 4.79 Å². The fraction of sp³-hybridized carbons (Fsp3) is 0.400. The first-order valence-corrected chi connectivity index (χ1v) is 4.65. The van der Waals surface area contributed by atoms with Gasteiger partial charge < -0.3 is 11.1 Å². The SMILES string of the molecule is Cc1cc(N)cnc1C1CNC(=O)C1. The van der Waals surface area contributed by atoms with Crippen LogP contribution in [0.15, 0.2) is 12.3 Å². The Hall–Kier alpha value is -1.58. The summed E-state index contributed by atoms with van der Waals surface area (Å²) in [5.74, 6) is 0.316. The van der Waals surface area contributed by atoms with Gasteiger partial charge in [0.15, 0.2) is 0 Å². The van der Waals surface area contributed by atoms with E-state index in [2.05, 4.69) is 10.3 Å². The number of nitrogen functional groups attached to an aromatic ring is 1. The fourth-order valence-corrected chi connectivity index (χ4v) is 1.83. The third-order valence-electron chi connectivity index (χ3n) is 2.50. The molecule has 1 aromatic heterocycles. The van der Waals surface area contributed by atoms with E-state index in [-0.39, 0.29) is 11.8 Å². The van der Waals surface area contributed by atoms with Gasteiger partial charge in [-0.3, -0.25) is 9.78 Å². The second kappa shape index (κ2) is 3.29. The zero-order valence-corrected chi connectivity index (χ0v) is 8.08. The third kappa shape index (κ3) is 1.55. The molecule has 1 atom stereocenters. The van der Waals surface area contributed by atoms with Crippen molar-refractivity contribution in [3.8, 4) is 0 Å². The van der Waals surface area contributed by atoms with Gasteiger partial charge in [-0.25, -0.2) is 0 Å². The molecule has 3 N–H and O–H groups in total. The van der Waals surface area contributed by atoms with Crippen LogP contribution in [0.1, 0.15) is 23.6 Å². The number of hydrogen-bond donors (Lipinski definition) is 2. The van der Waals surface area contributed by atoms with Gasteiger partial charge in [0.25, 0.3) is 0 Å². The lowest BCUT2D eigenvalue weighted by Crippen LogP contribution is -2.14. The monoisotopic (exact) mass is 191 g/mol. The summed E-state index contributed by atoms with van der Waals surface area (Å²) in [5, 5.41) is 2.80. The number of carbonyl (C=O) groups excluding carboxylic acids is 1. The summed E-state index contributed by atoms with van der Waals surface area (Å²) in [5.41, 5.74) is 8.32. The first-order chi connectivity index (χ1) is 6.66. The number of hydrogen-bond acceptors (Lipinski definition) is 3. The lowest BCUT2D eigenvalue weighted by molar-refractivity contribution is -0.119. The molecule has 0 aromatic carbocycles. The molecule has 4 nitrogen and oxygen atoms in total. The fourth-order valence-electron chi connectivity index (χ4n) is 1.83. The van der Waals surface area contributed by atoms with E-state index in [0.717, 1.165) is 11.3 Å². The van der Waals surface area contributed by atoms with Crippen LogP contribution in [-0.4, -0.2) is 17.4 Å². The Balaban J connectivity index is 2.28. The molecule has 1 aromatic rings. The van der Waals surface area contributed by atoms with Crippen LogP contribution in [-0.2, 0) is 4.79 Å². The van der Waals surface area contributed by atoms with Crippen LogP contribution in [0.25, 0.3) is 0 Å². The molecule has 0 bridgehead atoms. The third-order valence-corrected chi connectivity index (χ3v) is 2.50. The van der Waals surface area contributed by atoms with Crippen molar-refractivity contribution in [2.24, 2.45) is 0 Å². The second-order valence-electron chi connectivity index (χ2n) is 3.68. The Kier molecular flexibility index (Phi) is 2.11. The lowest BCUT2D eigenvalue weighted by Gasteiger charge is -2.10. The van der Waals surface area contributed by atoms with E-state index in [1.807, 2.05) is 13.0 Å². The zero-order valence-electron chi connectivity index (χ0n) is 8.08. The molecular formula is C10H13N3O. The number of nitrogens with two attached hydrogens (primary N) is 1. The quantitative estimate of drug-likeness (QED) is 0.682. The number of nitrogens with one attached hydrogen (secondary N) is 1. The Bertz CT molecular complexity index is 376. The highest BCUT2D eigenvalue weighted by Crippen LogP contribution is 2.24. The van der Waals surface area contributed by atoms with E-state index in [0.29, 0.717) is 18.7 Å². The van der Waals surface area contributed by atoms with Gasteiger partial charge in [0.1, 0.15) is 0 Å². The Labute approximate surface area is 82.5 Å². The molecule has 0 radical (unpaired) electrons. The average molecular weight is 191 g/mol. The van der Waals surface area contributed by atoms with Gasteiger partial charge in [0.2, 0.25) is 5.91 Å². The second-order valence-corrected chi connectivity index (χ2v) is 3.68. The van der Waals surface area contributed by atoms with Crippen LogP contribution in [0, 0.1) is 6.92 Å². The number of carbonyl (C=O) groups is 1. The Morgan fingerprint density at radius 2 is 2.43 bits per heavy atom. The lowest BCUT2D eigenvalue weighted by atomic mass is 10.00. The largest absolute Gasteiger partial charge is 0.397 e. The summed E-state index contributed by atoms with van der Waals surface area (Å²) in [4.78, 5) is 15.3. The molecular weight excluding hydrogens is 178 g/mol. The number of aromatic nitrogens is 1.